The number of fused-ring (bicyclic) bond motifs is 3. The van der Waals surface area contributed by atoms with Crippen LogP contribution in [0.3, 0.4) is 0 Å². The van der Waals surface area contributed by atoms with Gasteiger partial charge < -0.3 is 65.5 Å². The number of ether oxygens (including phenoxy) is 4. The summed E-state index contributed by atoms with van der Waals surface area (Å²) in [6.45, 7) is 2.22. The maximum absolute atomic E-state index is 13.9. The third-order valence-electron chi connectivity index (χ3n) is 12.3. The van der Waals surface area contributed by atoms with Crippen LogP contribution in [0, 0.1) is 5.92 Å². The number of nitrogens with one attached hydrogen (secondary N) is 3. The zero-order valence-corrected chi connectivity index (χ0v) is 41.4. The average Bonchev–Trinajstić information content (AvgIpc) is 4.18. The lowest BCUT2D eigenvalue weighted by molar-refractivity contribution is -0.227. The fourth-order valence-corrected chi connectivity index (χ4v) is 12.0. The Morgan fingerprint density at radius 2 is 1.79 bits per heavy atom. The van der Waals surface area contributed by atoms with E-state index in [1.165, 1.54) is 34.4 Å². The number of carboxylic acid groups (broad SMARTS) is 1. The second-order valence-electron chi connectivity index (χ2n) is 17.6. The van der Waals surface area contributed by atoms with E-state index in [1.54, 1.807) is 23.6 Å². The minimum absolute atomic E-state index is 0.0311. The van der Waals surface area contributed by atoms with E-state index in [0.717, 1.165) is 11.8 Å². The summed E-state index contributed by atoms with van der Waals surface area (Å²) in [6, 6.07) is -3.90. The van der Waals surface area contributed by atoms with Crippen molar-refractivity contribution >= 4 is 79.6 Å². The number of rotatable bonds is 20. The highest BCUT2D eigenvalue weighted by Crippen LogP contribution is 2.46. The van der Waals surface area contributed by atoms with Crippen LogP contribution < -0.4 is 26.6 Å². The van der Waals surface area contributed by atoms with Crippen molar-refractivity contribution in [2.24, 2.45) is 22.5 Å². The fraction of sp³-hybridized carbons (Fsp3) is 0.610. The number of nitrogens with zero attached hydrogens (tertiary/aromatic N) is 6. The molecular formula is C41H55F3N12O14S3. The number of aromatic amines is 1. The van der Waals surface area contributed by atoms with Crippen molar-refractivity contribution in [2.75, 3.05) is 19.6 Å². The molecule has 7 heterocycles. The molecule has 3 fully saturated rings. The van der Waals surface area contributed by atoms with Crippen molar-refractivity contribution in [1.29, 1.82) is 0 Å². The number of thioether (sulfide) groups is 2. The smallest absolute Gasteiger partial charge is 0.405 e. The van der Waals surface area contributed by atoms with E-state index in [-0.39, 0.29) is 43.9 Å². The molecule has 402 valence electrons. The van der Waals surface area contributed by atoms with Crippen LogP contribution in [0.2, 0.25) is 0 Å². The number of hydrogen-bond acceptors (Lipinski definition) is 20. The molecule has 1 unspecified atom stereocenters. The number of hydrogen-bond donors (Lipinski definition) is 9. The molecule has 0 radical (unpaired) electrons. The zero-order valence-electron chi connectivity index (χ0n) is 38.9. The highest BCUT2D eigenvalue weighted by atomic mass is 32.2. The van der Waals surface area contributed by atoms with Crippen LogP contribution in [-0.2, 0) is 54.8 Å². The third-order valence-corrected chi connectivity index (χ3v) is 15.7. The Kier molecular flexibility index (Phi) is 17.6. The molecule has 26 nitrogen and oxygen atoms in total. The molecule has 3 aliphatic rings. The van der Waals surface area contributed by atoms with E-state index < -0.39 is 129 Å². The van der Waals surface area contributed by atoms with E-state index in [2.05, 4.69) is 24.7 Å². The number of alkyl halides is 3. The largest absolute Gasteiger partial charge is 0.481 e. The predicted octanol–water partition coefficient (Wildman–Crippen LogP) is -0.0960. The van der Waals surface area contributed by atoms with Crippen LogP contribution in [0.4, 0.5) is 18.0 Å². The lowest BCUT2D eigenvalue weighted by Gasteiger charge is -2.44. The molecule has 0 saturated carbocycles. The molecule has 0 aliphatic carbocycles. The van der Waals surface area contributed by atoms with Gasteiger partial charge in [-0.25, -0.2) is 24.9 Å². The van der Waals surface area contributed by atoms with Crippen molar-refractivity contribution in [3.05, 3.63) is 48.6 Å². The quantitative estimate of drug-likeness (QED) is 0.0522. The second kappa shape index (κ2) is 23.2. The second-order valence-corrected chi connectivity index (χ2v) is 21.3. The van der Waals surface area contributed by atoms with Gasteiger partial charge in [-0.1, -0.05) is 43.8 Å². The van der Waals surface area contributed by atoms with Gasteiger partial charge in [0, 0.05) is 68.2 Å². The Morgan fingerprint density at radius 3 is 2.45 bits per heavy atom. The van der Waals surface area contributed by atoms with Crippen molar-refractivity contribution < 1.29 is 79.8 Å². The van der Waals surface area contributed by atoms with Crippen LogP contribution in [0.15, 0.2) is 37.2 Å². The number of carbonyl (C=O) groups excluding carboxylic acids is 4. The number of esters is 2. The minimum Gasteiger partial charge on any atom is -0.481 e. The van der Waals surface area contributed by atoms with Gasteiger partial charge in [-0.15, -0.1) is 0 Å². The van der Waals surface area contributed by atoms with Gasteiger partial charge in [-0.2, -0.15) is 26.3 Å². The summed E-state index contributed by atoms with van der Waals surface area (Å²) in [7, 11) is -4.79. The number of H-pyrrole nitrogens is 1. The zero-order chi connectivity index (χ0) is 53.1. The molecule has 4 aromatic heterocycles. The summed E-state index contributed by atoms with van der Waals surface area (Å²) in [6.07, 6.45) is -6.49. The summed E-state index contributed by atoms with van der Waals surface area (Å²) in [5, 5.41) is 36.6. The van der Waals surface area contributed by atoms with E-state index in [1.807, 2.05) is 12.2 Å². The normalized spacial score (nSPS) is 27.5. The predicted molar refractivity (Wildman–Crippen MR) is 251 cm³/mol. The van der Waals surface area contributed by atoms with Crippen LogP contribution in [0.5, 0.6) is 0 Å². The van der Waals surface area contributed by atoms with Crippen LogP contribution in [-0.4, -0.2) is 172 Å². The number of carbonyl (C=O) groups is 5. The highest BCUT2D eigenvalue weighted by molar-refractivity contribution is 8.14. The SMILES string of the molecule is CCCC(=O)O[C@H]1O[C@H](OC2S[C@@H](n3ccc4c3ncc3ncc([C@H]5CN(C(=O)NCC(F)(F)F)C[C@H]5CC)n34)[C@@H](OC(=O)[C@@H](N)Cc3cnc[nH]3)[C@H](NS(N)(=O)=O)[C@H]2O)[C@@H](SC(=O)[C@@H](N)CCC(=O)O)[C@@H]1O. The standard InChI is InChI=1S/C41H55F3N12O14S3/c1-3-5-27(59)67-37-30(61)32(71-36(63)21(45)6-7-26(57)58)38(69-37)70-39-29(60)28(53-73(47,65)66)31(68-35(62)22(46)10-19-11-48-17-52-19)34(72-39)55-9-8-23-33(55)50-13-25-49-12-24(56(23)25)20-15-54(14-18(20)4-2)40(64)51-16-41(42,43)44/h8-9,11-13,17-18,20-22,28-32,34,37-39,53,60-61H,3-7,10,14-16,45-46H2,1-2H3,(H,48,52)(H,51,64)(H,57,58)(H2,47,65,66)/t18-,20+,21+,22+,28-,29-,30+,31+,32+,34-,37+,38-,39?/m1/s1. The highest BCUT2D eigenvalue weighted by Gasteiger charge is 2.55. The Balaban J connectivity index is 1.28. The number of likely N-dealkylation sites (tertiary alicyclic amines) is 1. The Hall–Kier alpha value is -5.16. The molecule has 0 aromatic carbocycles. The molecule has 32 heteroatoms. The van der Waals surface area contributed by atoms with E-state index in [9.17, 15) is 60.9 Å². The van der Waals surface area contributed by atoms with Crippen LogP contribution in [0.25, 0.3) is 16.8 Å². The molecule has 0 bridgehead atoms. The van der Waals surface area contributed by atoms with Gasteiger partial charge in [0.25, 0.3) is 10.2 Å². The van der Waals surface area contributed by atoms with Crippen molar-refractivity contribution in [3.8, 4) is 0 Å². The van der Waals surface area contributed by atoms with Crippen molar-refractivity contribution in [3.63, 3.8) is 0 Å². The van der Waals surface area contributed by atoms with Crippen LogP contribution >= 0.6 is 23.5 Å². The van der Waals surface area contributed by atoms with Crippen molar-refractivity contribution in [2.45, 2.75) is 130 Å². The lowest BCUT2D eigenvalue weighted by Crippen LogP contribution is -2.62. The van der Waals surface area contributed by atoms with Crippen molar-refractivity contribution in [1.82, 2.24) is 43.8 Å². The summed E-state index contributed by atoms with van der Waals surface area (Å²) in [5.74, 6) is -3.74. The molecule has 3 saturated heterocycles. The first kappa shape index (κ1) is 55.6. The third kappa shape index (κ3) is 13.2. The minimum atomic E-state index is -4.79. The van der Waals surface area contributed by atoms with E-state index in [4.69, 9.17) is 35.6 Å². The summed E-state index contributed by atoms with van der Waals surface area (Å²) in [5.41, 5.74) is 12.5. The maximum Gasteiger partial charge on any atom is 0.405 e. The first-order valence-corrected chi connectivity index (χ1v) is 26.2. The molecule has 12 N–H and O–H groups in total. The number of nitrogens with two attached hydrogens (primary N) is 3. The number of carboxylic acids is 1. The van der Waals surface area contributed by atoms with Gasteiger partial charge in [-0.3, -0.25) is 23.6 Å². The van der Waals surface area contributed by atoms with Gasteiger partial charge in [0.05, 0.1) is 35.4 Å². The molecular weight excluding hydrogens is 1040 g/mol. The van der Waals surface area contributed by atoms with E-state index in [0.29, 0.717) is 47.2 Å². The van der Waals surface area contributed by atoms with E-state index >= 15 is 0 Å². The Labute approximate surface area is 422 Å². The number of amides is 2. The molecule has 2 amide bonds. The Morgan fingerprint density at radius 1 is 1.04 bits per heavy atom. The van der Waals surface area contributed by atoms with Gasteiger partial charge >= 0.3 is 30.1 Å². The number of halogens is 3. The monoisotopic (exact) mass is 1090 g/mol. The number of urea groups is 1. The van der Waals surface area contributed by atoms with Crippen LogP contribution in [0.1, 0.15) is 68.6 Å². The number of aliphatic hydroxyl groups excluding tert-OH is 2. The molecule has 3 aliphatic heterocycles. The van der Waals surface area contributed by atoms with Gasteiger partial charge in [0.15, 0.2) is 23.7 Å². The molecule has 73 heavy (non-hydrogen) atoms. The molecule has 7 rings (SSSR count). The average molecular weight is 1090 g/mol. The lowest BCUT2D eigenvalue weighted by atomic mass is 9.91. The molecule has 0 spiro atoms. The van der Waals surface area contributed by atoms with Gasteiger partial charge in [0.2, 0.25) is 11.4 Å². The first-order chi connectivity index (χ1) is 34.5. The summed E-state index contributed by atoms with van der Waals surface area (Å²) < 4.78 is 93.9. The topological polar surface area (TPSA) is 386 Å². The number of aromatic nitrogens is 6. The summed E-state index contributed by atoms with van der Waals surface area (Å²) >= 11 is 1.15. The molecule has 4 aromatic rings. The maximum atomic E-state index is 13.9. The van der Waals surface area contributed by atoms with Gasteiger partial charge in [-0.05, 0) is 24.8 Å². The fourth-order valence-electron chi connectivity index (χ4n) is 8.78. The Bertz CT molecular complexity index is 2740. The number of imidazole rings is 2. The number of aliphatic carboxylic acids is 1. The first-order valence-electron chi connectivity index (χ1n) is 22.8. The number of aliphatic hydroxyl groups is 2. The molecule has 13 atom stereocenters. The van der Waals surface area contributed by atoms with Gasteiger partial charge in [0.1, 0.15) is 35.6 Å². The summed E-state index contributed by atoms with van der Waals surface area (Å²) in [4.78, 5) is 81.4.